The first-order valence-electron chi connectivity index (χ1n) is 10.8. The van der Waals surface area contributed by atoms with Gasteiger partial charge in [0.2, 0.25) is 0 Å². The third kappa shape index (κ3) is 5.00. The Balaban J connectivity index is 1.35. The van der Waals surface area contributed by atoms with Gasteiger partial charge in [-0.15, -0.1) is 0 Å². The number of hydrogen-bond donors (Lipinski definition) is 2. The topological polar surface area (TPSA) is 64.7 Å². The van der Waals surface area contributed by atoms with E-state index in [0.717, 1.165) is 44.7 Å². The van der Waals surface area contributed by atoms with Gasteiger partial charge in [0.15, 0.2) is 0 Å². The van der Waals surface area contributed by atoms with E-state index in [-0.39, 0.29) is 11.8 Å². The van der Waals surface area contributed by atoms with Gasteiger partial charge in [0.1, 0.15) is 0 Å². The molecule has 1 heterocycles. The highest BCUT2D eigenvalue weighted by Crippen LogP contribution is 2.21. The van der Waals surface area contributed by atoms with Crippen LogP contribution in [0.25, 0.3) is 0 Å². The molecule has 1 aliphatic heterocycles. The predicted octanol–water partition coefficient (Wildman–Crippen LogP) is 3.36. The van der Waals surface area contributed by atoms with Crippen LogP contribution in [0.1, 0.15) is 47.4 Å². The molecule has 0 aromatic heterocycles. The number of rotatable bonds is 6. The van der Waals surface area contributed by atoms with Crippen molar-refractivity contribution in [1.29, 1.82) is 0 Å². The van der Waals surface area contributed by atoms with E-state index in [1.165, 1.54) is 0 Å². The minimum absolute atomic E-state index is 0.0875. The van der Waals surface area contributed by atoms with Crippen molar-refractivity contribution in [3.8, 4) is 0 Å². The van der Waals surface area contributed by atoms with E-state index >= 15 is 0 Å². The normalized spacial score (nSPS) is 17.1. The number of nitrogens with one attached hydrogen (secondary N) is 2. The second kappa shape index (κ2) is 8.88. The minimum Gasteiger partial charge on any atom is -0.369 e. The smallest absolute Gasteiger partial charge is 0.255 e. The number of anilines is 2. The van der Waals surface area contributed by atoms with Crippen molar-refractivity contribution in [2.45, 2.75) is 38.8 Å². The van der Waals surface area contributed by atoms with Crippen molar-refractivity contribution in [2.75, 3.05) is 36.4 Å². The average Bonchev–Trinajstić information content (AvgIpc) is 3.58. The van der Waals surface area contributed by atoms with Gasteiger partial charge < -0.3 is 15.5 Å². The second-order valence-corrected chi connectivity index (χ2v) is 8.45. The quantitative estimate of drug-likeness (QED) is 0.772. The van der Waals surface area contributed by atoms with Gasteiger partial charge in [0, 0.05) is 60.8 Å². The first kappa shape index (κ1) is 20.4. The van der Waals surface area contributed by atoms with Crippen LogP contribution in [0.4, 0.5) is 11.4 Å². The first-order valence-corrected chi connectivity index (χ1v) is 10.8. The fraction of sp³-hybridized carbons (Fsp3) is 0.417. The van der Waals surface area contributed by atoms with Crippen molar-refractivity contribution >= 4 is 23.2 Å². The summed E-state index contributed by atoms with van der Waals surface area (Å²) >= 11 is 0. The van der Waals surface area contributed by atoms with Gasteiger partial charge in [-0.2, -0.15) is 0 Å². The lowest BCUT2D eigenvalue weighted by molar-refractivity contribution is 0.0949. The van der Waals surface area contributed by atoms with Crippen molar-refractivity contribution in [3.05, 3.63) is 59.7 Å². The molecule has 0 unspecified atom stereocenters. The molecule has 2 N–H and O–H groups in total. The molecule has 0 radical (unpaired) electrons. The van der Waals surface area contributed by atoms with E-state index in [4.69, 9.17) is 0 Å². The Bertz CT molecular complexity index is 898. The maximum absolute atomic E-state index is 12.7. The summed E-state index contributed by atoms with van der Waals surface area (Å²) in [6, 6.07) is 15.7. The molecule has 2 aliphatic rings. The molecular formula is C24H30N4O2. The van der Waals surface area contributed by atoms with Gasteiger partial charge >= 0.3 is 0 Å². The molecule has 1 saturated carbocycles. The van der Waals surface area contributed by atoms with Crippen LogP contribution in [-0.4, -0.2) is 55.0 Å². The van der Waals surface area contributed by atoms with Gasteiger partial charge in [-0.1, -0.05) is 6.07 Å². The van der Waals surface area contributed by atoms with E-state index in [9.17, 15) is 9.59 Å². The van der Waals surface area contributed by atoms with Gasteiger partial charge in [0.05, 0.1) is 0 Å². The molecule has 0 spiro atoms. The summed E-state index contributed by atoms with van der Waals surface area (Å²) < 4.78 is 0. The molecule has 2 fully saturated rings. The number of amides is 2. The summed E-state index contributed by atoms with van der Waals surface area (Å²) in [6.07, 6.45) is 2.09. The van der Waals surface area contributed by atoms with Crippen LogP contribution in [0.2, 0.25) is 0 Å². The first-order chi connectivity index (χ1) is 14.5. The molecule has 0 atom stereocenters. The maximum Gasteiger partial charge on any atom is 0.255 e. The van der Waals surface area contributed by atoms with Gasteiger partial charge in [-0.25, -0.2) is 0 Å². The van der Waals surface area contributed by atoms with Crippen molar-refractivity contribution in [3.63, 3.8) is 0 Å². The molecule has 2 aromatic carbocycles. The number of benzene rings is 2. The Kier molecular flexibility index (Phi) is 6.04. The Morgan fingerprint density at radius 1 is 0.900 bits per heavy atom. The number of carbonyl (C=O) groups is 2. The third-order valence-corrected chi connectivity index (χ3v) is 5.83. The summed E-state index contributed by atoms with van der Waals surface area (Å²) in [6.45, 7) is 8.59. The molecule has 2 aromatic rings. The third-order valence-electron chi connectivity index (χ3n) is 5.83. The predicted molar refractivity (Wildman–Crippen MR) is 120 cm³/mol. The zero-order chi connectivity index (χ0) is 21.1. The van der Waals surface area contributed by atoms with Crippen molar-refractivity contribution in [1.82, 2.24) is 10.2 Å². The zero-order valence-corrected chi connectivity index (χ0v) is 17.7. The number of carbonyl (C=O) groups excluding carboxylic acids is 2. The van der Waals surface area contributed by atoms with E-state index in [1.807, 2.05) is 24.3 Å². The van der Waals surface area contributed by atoms with E-state index in [1.54, 1.807) is 24.3 Å². The Hall–Kier alpha value is -2.86. The standard InChI is InChI=1S/C24H30N4O2/c1-17(2)27-12-14-28(15-13-27)22-10-6-18(7-11-22)23(29)26-21-5-3-4-19(16-21)24(30)25-20-8-9-20/h3-7,10-11,16-17,20H,8-9,12-15H2,1-2H3,(H,25,30)(H,26,29). The zero-order valence-electron chi connectivity index (χ0n) is 17.7. The van der Waals surface area contributed by atoms with Crippen LogP contribution in [0.3, 0.4) is 0 Å². The molecule has 2 amide bonds. The average molecular weight is 407 g/mol. The molecule has 4 rings (SSSR count). The van der Waals surface area contributed by atoms with Crippen LogP contribution in [0.5, 0.6) is 0 Å². The van der Waals surface area contributed by atoms with Crippen LogP contribution in [0, 0.1) is 0 Å². The van der Waals surface area contributed by atoms with Gasteiger partial charge in [-0.05, 0) is 69.2 Å². The number of nitrogens with zero attached hydrogens (tertiary/aromatic N) is 2. The summed E-state index contributed by atoms with van der Waals surface area (Å²) in [5.41, 5.74) is 2.94. The molecule has 6 heteroatoms. The molecule has 30 heavy (non-hydrogen) atoms. The molecule has 6 nitrogen and oxygen atoms in total. The highest BCUT2D eigenvalue weighted by Gasteiger charge is 2.24. The highest BCUT2D eigenvalue weighted by atomic mass is 16.2. The summed E-state index contributed by atoms with van der Waals surface area (Å²) in [4.78, 5) is 29.7. The highest BCUT2D eigenvalue weighted by molar-refractivity contribution is 6.05. The monoisotopic (exact) mass is 406 g/mol. The van der Waals surface area contributed by atoms with Crippen LogP contribution in [0.15, 0.2) is 48.5 Å². The Labute approximate surface area is 178 Å². The number of hydrogen-bond acceptors (Lipinski definition) is 4. The van der Waals surface area contributed by atoms with E-state index in [2.05, 4.69) is 34.3 Å². The fourth-order valence-corrected chi connectivity index (χ4v) is 3.76. The van der Waals surface area contributed by atoms with Gasteiger partial charge in [0.25, 0.3) is 11.8 Å². The summed E-state index contributed by atoms with van der Waals surface area (Å²) in [5.74, 6) is -0.263. The maximum atomic E-state index is 12.7. The summed E-state index contributed by atoms with van der Waals surface area (Å²) in [7, 11) is 0. The van der Waals surface area contributed by atoms with E-state index < -0.39 is 0 Å². The summed E-state index contributed by atoms with van der Waals surface area (Å²) in [5, 5.41) is 5.87. The molecular weight excluding hydrogens is 376 g/mol. The second-order valence-electron chi connectivity index (χ2n) is 8.45. The SMILES string of the molecule is CC(C)N1CCN(c2ccc(C(=O)Nc3cccc(C(=O)NC4CC4)c3)cc2)CC1. The molecule has 1 saturated heterocycles. The minimum atomic E-state index is -0.175. The molecule has 0 bridgehead atoms. The lowest BCUT2D eigenvalue weighted by atomic mass is 10.1. The molecule has 1 aliphatic carbocycles. The van der Waals surface area contributed by atoms with Crippen molar-refractivity contribution in [2.24, 2.45) is 0 Å². The lowest BCUT2D eigenvalue weighted by Crippen LogP contribution is -2.48. The van der Waals surface area contributed by atoms with Crippen LogP contribution in [-0.2, 0) is 0 Å². The van der Waals surface area contributed by atoms with Crippen molar-refractivity contribution < 1.29 is 9.59 Å². The lowest BCUT2D eigenvalue weighted by Gasteiger charge is -2.38. The van der Waals surface area contributed by atoms with Crippen LogP contribution < -0.4 is 15.5 Å². The molecule has 158 valence electrons. The fourth-order valence-electron chi connectivity index (χ4n) is 3.76. The van der Waals surface area contributed by atoms with Crippen LogP contribution >= 0.6 is 0 Å². The number of piperazine rings is 1. The Morgan fingerprint density at radius 3 is 2.23 bits per heavy atom. The van der Waals surface area contributed by atoms with Gasteiger partial charge in [-0.3, -0.25) is 14.5 Å². The van der Waals surface area contributed by atoms with E-state index in [0.29, 0.717) is 28.9 Å². The Morgan fingerprint density at radius 2 is 1.60 bits per heavy atom. The largest absolute Gasteiger partial charge is 0.369 e.